The summed E-state index contributed by atoms with van der Waals surface area (Å²) < 4.78 is 7.54. The van der Waals surface area contributed by atoms with Gasteiger partial charge in [-0.05, 0) is 38.0 Å². The fraction of sp³-hybridized carbons (Fsp3) is 0.625. The molecule has 0 amide bonds. The number of nitrogens with zero attached hydrogens (tertiary/aromatic N) is 3. The van der Waals surface area contributed by atoms with Crippen molar-refractivity contribution in [2.24, 2.45) is 11.8 Å². The Morgan fingerprint density at radius 2 is 2.00 bits per heavy atom. The van der Waals surface area contributed by atoms with Gasteiger partial charge >= 0.3 is 0 Å². The summed E-state index contributed by atoms with van der Waals surface area (Å²) in [4.78, 5) is 13.4. The van der Waals surface area contributed by atoms with Crippen molar-refractivity contribution in [2.75, 3.05) is 18.5 Å². The molecule has 3 N–H and O–H groups in total. The lowest BCUT2D eigenvalue weighted by molar-refractivity contribution is -0.122. The third kappa shape index (κ3) is 6.22. The Hall–Kier alpha value is -2.61. The molecule has 1 saturated heterocycles. The summed E-state index contributed by atoms with van der Waals surface area (Å²) in [5, 5.41) is 20.0. The highest BCUT2D eigenvalue weighted by Crippen LogP contribution is 2.31. The first-order valence-electron chi connectivity index (χ1n) is 11.6. The number of anilines is 1. The molecular formula is C24H39N5O3. The van der Waals surface area contributed by atoms with Gasteiger partial charge in [0.15, 0.2) is 5.65 Å². The Balaban J connectivity index is 0.00000114. The molecule has 0 radical (unpaired) electrons. The summed E-state index contributed by atoms with van der Waals surface area (Å²) in [7, 11) is 0. The first-order chi connectivity index (χ1) is 15.4. The number of nitrogens with one attached hydrogen (secondary N) is 2. The van der Waals surface area contributed by atoms with Crippen LogP contribution < -0.4 is 10.6 Å². The molecule has 8 nitrogen and oxygen atoms in total. The van der Waals surface area contributed by atoms with Crippen LogP contribution >= 0.6 is 0 Å². The van der Waals surface area contributed by atoms with Gasteiger partial charge in [0.05, 0.1) is 17.3 Å². The number of pyridine rings is 1. The van der Waals surface area contributed by atoms with Gasteiger partial charge < -0.3 is 20.5 Å². The number of ether oxygens (including phenoxy) is 1. The van der Waals surface area contributed by atoms with E-state index in [2.05, 4.69) is 56.9 Å². The maximum absolute atomic E-state index is 8.36. The molecule has 1 fully saturated rings. The van der Waals surface area contributed by atoms with Crippen LogP contribution in [0.25, 0.3) is 11.0 Å². The zero-order valence-electron chi connectivity index (χ0n) is 20.1. The molecule has 3 heterocycles. The zero-order valence-corrected chi connectivity index (χ0v) is 20.1. The van der Waals surface area contributed by atoms with Gasteiger partial charge in [-0.25, -0.2) is 9.67 Å². The maximum atomic E-state index is 8.36. The molecule has 0 aliphatic carbocycles. The lowest BCUT2D eigenvalue weighted by atomic mass is 9.95. The molecule has 1 unspecified atom stereocenters. The minimum atomic E-state index is -0.250. The first-order valence-corrected chi connectivity index (χ1v) is 11.6. The molecule has 32 heavy (non-hydrogen) atoms. The summed E-state index contributed by atoms with van der Waals surface area (Å²) in [5.74, 6) is 0.982. The number of carbonyl (C=O) groups is 1. The predicted molar refractivity (Wildman–Crippen MR) is 129 cm³/mol. The smallest absolute Gasteiger partial charge is 0.290 e. The van der Waals surface area contributed by atoms with Gasteiger partial charge in [-0.15, -0.1) is 0 Å². The standard InChI is InChI=1S/C23H37N5O.CH2O2/c1-7-21-19(13-24-17(6)16(5)15(3)4)22(26-18-9-11-29-12-10-18)20-14-25-28(8-2)23(20)27-21;2-1-3/h14-16,18,24H,6-13H2,1-5H3,(H,26,27);1H,(H,2,3). The molecule has 2 aromatic heterocycles. The topological polar surface area (TPSA) is 101 Å². The van der Waals surface area contributed by atoms with Crippen molar-refractivity contribution < 1.29 is 14.6 Å². The Labute approximate surface area is 191 Å². The molecular weight excluding hydrogens is 406 g/mol. The molecule has 8 heteroatoms. The SMILES string of the molecule is C=C(NCc1c(CC)nc2c(cnn2CC)c1NC1CCOCC1)C(C)C(C)C.O=CO. The van der Waals surface area contributed by atoms with Crippen LogP contribution in [-0.4, -0.2) is 45.6 Å². The summed E-state index contributed by atoms with van der Waals surface area (Å²) in [6.07, 6.45) is 4.90. The van der Waals surface area contributed by atoms with Crippen LogP contribution in [0.4, 0.5) is 5.69 Å². The Bertz CT molecular complexity index is 887. The first kappa shape index (κ1) is 25.6. The van der Waals surface area contributed by atoms with Crippen molar-refractivity contribution in [3.8, 4) is 0 Å². The predicted octanol–water partition coefficient (Wildman–Crippen LogP) is 4.20. The fourth-order valence-corrected chi connectivity index (χ4v) is 3.87. The van der Waals surface area contributed by atoms with Gasteiger partial charge in [-0.3, -0.25) is 4.79 Å². The average Bonchev–Trinajstić information content (AvgIpc) is 3.21. The van der Waals surface area contributed by atoms with Crippen LogP contribution in [0.15, 0.2) is 18.5 Å². The van der Waals surface area contributed by atoms with E-state index in [9.17, 15) is 0 Å². The molecule has 0 bridgehead atoms. The molecule has 1 atom stereocenters. The van der Waals surface area contributed by atoms with Crippen LogP contribution in [-0.2, 0) is 29.0 Å². The van der Waals surface area contributed by atoms with E-state index in [1.54, 1.807) is 0 Å². The summed E-state index contributed by atoms with van der Waals surface area (Å²) >= 11 is 0. The minimum absolute atomic E-state index is 0.250. The number of carboxylic acid groups (broad SMARTS) is 1. The number of fused-ring (bicyclic) bond motifs is 1. The van der Waals surface area contributed by atoms with Gasteiger partial charge in [-0.1, -0.05) is 34.3 Å². The van der Waals surface area contributed by atoms with Crippen LogP contribution in [0.5, 0.6) is 0 Å². The number of aromatic nitrogens is 3. The Morgan fingerprint density at radius 1 is 1.34 bits per heavy atom. The van der Waals surface area contributed by atoms with E-state index >= 15 is 0 Å². The van der Waals surface area contributed by atoms with Crippen molar-refractivity contribution >= 4 is 23.2 Å². The van der Waals surface area contributed by atoms with Gasteiger partial charge in [-0.2, -0.15) is 5.10 Å². The lowest BCUT2D eigenvalue weighted by Crippen LogP contribution is -2.29. The van der Waals surface area contributed by atoms with Crippen LogP contribution in [0.1, 0.15) is 58.7 Å². The monoisotopic (exact) mass is 445 g/mol. The summed E-state index contributed by atoms with van der Waals surface area (Å²) in [5.41, 5.74) is 5.59. The van der Waals surface area contributed by atoms with E-state index in [-0.39, 0.29) is 6.47 Å². The Kier molecular flexibility index (Phi) is 9.97. The maximum Gasteiger partial charge on any atom is 0.290 e. The highest BCUT2D eigenvalue weighted by Gasteiger charge is 2.22. The largest absolute Gasteiger partial charge is 0.483 e. The summed E-state index contributed by atoms with van der Waals surface area (Å²) in [6, 6.07) is 0.417. The average molecular weight is 446 g/mol. The van der Waals surface area contributed by atoms with Gasteiger partial charge in [0.2, 0.25) is 0 Å². The third-order valence-electron chi connectivity index (χ3n) is 6.22. The van der Waals surface area contributed by atoms with Crippen molar-refractivity contribution in [3.63, 3.8) is 0 Å². The number of hydrogen-bond acceptors (Lipinski definition) is 6. The normalized spacial score (nSPS) is 15.2. The second-order valence-electron chi connectivity index (χ2n) is 8.51. The van der Waals surface area contributed by atoms with Gasteiger partial charge in [0, 0.05) is 49.3 Å². The van der Waals surface area contributed by atoms with E-state index in [4.69, 9.17) is 19.6 Å². The van der Waals surface area contributed by atoms with Crippen molar-refractivity contribution in [1.82, 2.24) is 20.1 Å². The van der Waals surface area contributed by atoms with E-state index in [0.717, 1.165) is 68.0 Å². The van der Waals surface area contributed by atoms with Crippen molar-refractivity contribution in [1.29, 1.82) is 0 Å². The zero-order chi connectivity index (χ0) is 23.7. The van der Waals surface area contributed by atoms with Crippen LogP contribution in [0.3, 0.4) is 0 Å². The van der Waals surface area contributed by atoms with Gasteiger partial charge in [0.25, 0.3) is 6.47 Å². The number of rotatable bonds is 9. The quantitative estimate of drug-likeness (QED) is 0.497. The molecule has 1 aliphatic rings. The third-order valence-corrected chi connectivity index (χ3v) is 6.22. The minimum Gasteiger partial charge on any atom is -0.483 e. The summed E-state index contributed by atoms with van der Waals surface area (Å²) in [6.45, 7) is 18.2. The highest BCUT2D eigenvalue weighted by molar-refractivity contribution is 5.91. The molecule has 1 aliphatic heterocycles. The lowest BCUT2D eigenvalue weighted by Gasteiger charge is -2.27. The Morgan fingerprint density at radius 3 is 2.56 bits per heavy atom. The van der Waals surface area contributed by atoms with E-state index < -0.39 is 0 Å². The van der Waals surface area contributed by atoms with Crippen LogP contribution in [0.2, 0.25) is 0 Å². The number of hydrogen-bond donors (Lipinski definition) is 3. The second kappa shape index (κ2) is 12.4. The molecule has 178 valence electrons. The van der Waals surface area contributed by atoms with E-state index in [0.29, 0.717) is 17.9 Å². The van der Waals surface area contributed by atoms with Crippen molar-refractivity contribution in [3.05, 3.63) is 29.7 Å². The van der Waals surface area contributed by atoms with Crippen LogP contribution in [0, 0.1) is 11.8 Å². The number of aryl methyl sites for hydroxylation is 2. The van der Waals surface area contributed by atoms with Gasteiger partial charge in [0.1, 0.15) is 0 Å². The second-order valence-corrected chi connectivity index (χ2v) is 8.51. The fourth-order valence-electron chi connectivity index (χ4n) is 3.87. The molecule has 2 aromatic rings. The highest BCUT2D eigenvalue weighted by atomic mass is 16.5. The van der Waals surface area contributed by atoms with E-state index in [1.165, 1.54) is 11.3 Å². The molecule has 3 rings (SSSR count). The molecule has 0 saturated carbocycles. The number of allylic oxidation sites excluding steroid dienone is 1. The molecule has 0 aromatic carbocycles. The van der Waals surface area contributed by atoms with Crippen molar-refractivity contribution in [2.45, 2.75) is 73.0 Å². The van der Waals surface area contributed by atoms with E-state index in [1.807, 2.05) is 10.9 Å². The molecule has 0 spiro atoms.